The molecule has 4 heteroatoms. The van der Waals surface area contributed by atoms with Gasteiger partial charge in [-0.1, -0.05) is 42.5 Å². The molecule has 1 heterocycles. The summed E-state index contributed by atoms with van der Waals surface area (Å²) in [6.45, 7) is 3.04. The third-order valence-corrected chi connectivity index (χ3v) is 4.59. The minimum absolute atomic E-state index is 0.0713. The Morgan fingerprint density at radius 1 is 1.12 bits per heavy atom. The molecule has 2 atom stereocenters. The SMILES string of the molecule is COc1cccc2cc(C(C)NCC(CCO)c3ccccc3)oc12. The normalized spacial score (nSPS) is 13.7. The largest absolute Gasteiger partial charge is 0.493 e. The van der Waals surface area contributed by atoms with Crippen LogP contribution in [0.5, 0.6) is 5.75 Å². The van der Waals surface area contributed by atoms with Crippen LogP contribution in [0.1, 0.15) is 36.6 Å². The fourth-order valence-electron chi connectivity index (χ4n) is 3.12. The first-order valence-electron chi connectivity index (χ1n) is 8.68. The molecule has 2 N–H and O–H groups in total. The molecular formula is C21H25NO3. The molecule has 0 spiro atoms. The Morgan fingerprint density at radius 2 is 1.92 bits per heavy atom. The molecule has 0 aliphatic rings. The van der Waals surface area contributed by atoms with Crippen LogP contribution in [-0.4, -0.2) is 25.4 Å². The second-order valence-electron chi connectivity index (χ2n) is 6.28. The molecule has 0 bridgehead atoms. The fraction of sp³-hybridized carbons (Fsp3) is 0.333. The maximum absolute atomic E-state index is 9.37. The predicted octanol–water partition coefficient (Wildman–Crippen LogP) is 4.26. The van der Waals surface area contributed by atoms with Crippen molar-refractivity contribution in [1.82, 2.24) is 5.32 Å². The molecule has 0 saturated carbocycles. The van der Waals surface area contributed by atoms with Crippen LogP contribution in [0, 0.1) is 0 Å². The lowest BCUT2D eigenvalue weighted by molar-refractivity contribution is 0.271. The molecular weight excluding hydrogens is 314 g/mol. The number of hydrogen-bond donors (Lipinski definition) is 2. The van der Waals surface area contributed by atoms with Crippen LogP contribution in [0.25, 0.3) is 11.0 Å². The summed E-state index contributed by atoms with van der Waals surface area (Å²) in [4.78, 5) is 0. The number of fused-ring (bicyclic) bond motifs is 1. The van der Waals surface area contributed by atoms with E-state index in [1.54, 1.807) is 7.11 Å². The second-order valence-corrected chi connectivity index (χ2v) is 6.28. The first kappa shape index (κ1) is 17.5. The van der Waals surface area contributed by atoms with Gasteiger partial charge in [0.1, 0.15) is 5.76 Å². The third-order valence-electron chi connectivity index (χ3n) is 4.59. The molecule has 0 radical (unpaired) electrons. The van der Waals surface area contributed by atoms with Gasteiger partial charge in [0.25, 0.3) is 0 Å². The van der Waals surface area contributed by atoms with Crippen LogP contribution in [0.15, 0.2) is 59.0 Å². The van der Waals surface area contributed by atoms with Crippen LogP contribution in [0.3, 0.4) is 0 Å². The van der Waals surface area contributed by atoms with Gasteiger partial charge in [-0.2, -0.15) is 0 Å². The lowest BCUT2D eigenvalue weighted by Crippen LogP contribution is -2.25. The number of ether oxygens (including phenoxy) is 1. The van der Waals surface area contributed by atoms with Gasteiger partial charge in [0.05, 0.1) is 13.2 Å². The van der Waals surface area contributed by atoms with E-state index < -0.39 is 0 Å². The summed E-state index contributed by atoms with van der Waals surface area (Å²) in [6, 6.07) is 18.3. The third kappa shape index (κ3) is 4.03. The standard InChI is InChI=1S/C21H25NO3/c1-15(20-13-17-9-6-10-19(24-2)21(17)25-20)22-14-18(11-12-23)16-7-4-3-5-8-16/h3-10,13,15,18,22-23H,11-12,14H2,1-2H3. The van der Waals surface area contributed by atoms with E-state index in [1.807, 2.05) is 36.4 Å². The maximum atomic E-state index is 9.37. The fourth-order valence-corrected chi connectivity index (χ4v) is 3.12. The van der Waals surface area contributed by atoms with Crippen LogP contribution in [0.4, 0.5) is 0 Å². The van der Waals surface area contributed by atoms with Crippen LogP contribution >= 0.6 is 0 Å². The second kappa shape index (κ2) is 8.19. The first-order chi connectivity index (χ1) is 12.2. The molecule has 0 aliphatic heterocycles. The van der Waals surface area contributed by atoms with E-state index in [-0.39, 0.29) is 18.6 Å². The van der Waals surface area contributed by atoms with E-state index in [2.05, 4.69) is 30.4 Å². The Hall–Kier alpha value is -2.30. The summed E-state index contributed by atoms with van der Waals surface area (Å²) in [6.07, 6.45) is 0.734. The van der Waals surface area contributed by atoms with Crippen molar-refractivity contribution in [2.45, 2.75) is 25.3 Å². The molecule has 0 saturated heterocycles. The lowest BCUT2D eigenvalue weighted by Gasteiger charge is -2.19. The number of benzene rings is 2. The maximum Gasteiger partial charge on any atom is 0.176 e. The summed E-state index contributed by atoms with van der Waals surface area (Å²) >= 11 is 0. The van der Waals surface area contributed by atoms with Gasteiger partial charge in [0.2, 0.25) is 0 Å². The summed E-state index contributed by atoms with van der Waals surface area (Å²) in [5.41, 5.74) is 2.02. The van der Waals surface area contributed by atoms with E-state index in [1.165, 1.54) is 5.56 Å². The van der Waals surface area contributed by atoms with Crippen molar-refractivity contribution in [3.8, 4) is 5.75 Å². The van der Waals surface area contributed by atoms with Gasteiger partial charge in [-0.3, -0.25) is 0 Å². The van der Waals surface area contributed by atoms with Crippen molar-refractivity contribution < 1.29 is 14.3 Å². The molecule has 0 fully saturated rings. The average Bonchev–Trinajstić information content (AvgIpc) is 3.10. The topological polar surface area (TPSA) is 54.6 Å². The highest BCUT2D eigenvalue weighted by Crippen LogP contribution is 2.31. The Balaban J connectivity index is 1.72. The van der Waals surface area contributed by atoms with E-state index in [9.17, 15) is 5.11 Å². The smallest absolute Gasteiger partial charge is 0.176 e. The Morgan fingerprint density at radius 3 is 2.64 bits per heavy atom. The van der Waals surface area contributed by atoms with Crippen molar-refractivity contribution in [3.63, 3.8) is 0 Å². The van der Waals surface area contributed by atoms with Crippen LogP contribution < -0.4 is 10.1 Å². The molecule has 0 aliphatic carbocycles. The molecule has 2 unspecified atom stereocenters. The highest BCUT2D eigenvalue weighted by molar-refractivity contribution is 5.83. The molecule has 3 aromatic rings. The number of methoxy groups -OCH3 is 1. The first-order valence-corrected chi connectivity index (χ1v) is 8.68. The van der Waals surface area contributed by atoms with E-state index in [0.29, 0.717) is 0 Å². The predicted molar refractivity (Wildman–Crippen MR) is 100 cm³/mol. The van der Waals surface area contributed by atoms with Crippen molar-refractivity contribution >= 4 is 11.0 Å². The summed E-state index contributed by atoms with van der Waals surface area (Å²) in [5, 5.41) is 13.9. The van der Waals surface area contributed by atoms with Gasteiger partial charge >= 0.3 is 0 Å². The Bertz CT molecular complexity index is 797. The van der Waals surface area contributed by atoms with Gasteiger partial charge in [0, 0.05) is 18.5 Å². The molecule has 132 valence electrons. The average molecular weight is 339 g/mol. The number of nitrogens with one attached hydrogen (secondary N) is 1. The van der Waals surface area contributed by atoms with Gasteiger partial charge in [-0.05, 0) is 37.0 Å². The zero-order valence-electron chi connectivity index (χ0n) is 14.7. The molecule has 1 aromatic heterocycles. The molecule has 2 aromatic carbocycles. The quantitative estimate of drug-likeness (QED) is 0.644. The number of para-hydroxylation sites is 1. The van der Waals surface area contributed by atoms with Gasteiger partial charge < -0.3 is 19.6 Å². The van der Waals surface area contributed by atoms with Gasteiger partial charge in [-0.25, -0.2) is 0 Å². The Kier molecular flexibility index (Phi) is 5.74. The molecule has 3 rings (SSSR count). The molecule has 25 heavy (non-hydrogen) atoms. The summed E-state index contributed by atoms with van der Waals surface area (Å²) in [7, 11) is 1.65. The number of furan rings is 1. The molecule has 0 amide bonds. The van der Waals surface area contributed by atoms with E-state index >= 15 is 0 Å². The van der Waals surface area contributed by atoms with Crippen LogP contribution in [-0.2, 0) is 0 Å². The lowest BCUT2D eigenvalue weighted by atomic mass is 9.95. The van der Waals surface area contributed by atoms with Crippen molar-refractivity contribution in [2.24, 2.45) is 0 Å². The number of rotatable bonds is 8. The number of aliphatic hydroxyl groups is 1. The minimum Gasteiger partial charge on any atom is -0.493 e. The van der Waals surface area contributed by atoms with Crippen molar-refractivity contribution in [3.05, 3.63) is 65.9 Å². The van der Waals surface area contributed by atoms with Crippen molar-refractivity contribution in [1.29, 1.82) is 0 Å². The van der Waals surface area contributed by atoms with Crippen molar-refractivity contribution in [2.75, 3.05) is 20.3 Å². The monoisotopic (exact) mass is 339 g/mol. The number of hydrogen-bond acceptors (Lipinski definition) is 4. The zero-order valence-corrected chi connectivity index (χ0v) is 14.7. The highest BCUT2D eigenvalue weighted by atomic mass is 16.5. The highest BCUT2D eigenvalue weighted by Gasteiger charge is 2.16. The minimum atomic E-state index is 0.0713. The van der Waals surface area contributed by atoms with Gasteiger partial charge in [0.15, 0.2) is 11.3 Å². The Labute approximate surface area is 148 Å². The molecule has 4 nitrogen and oxygen atoms in total. The summed E-state index contributed by atoms with van der Waals surface area (Å²) < 4.78 is 11.4. The number of aliphatic hydroxyl groups excluding tert-OH is 1. The van der Waals surface area contributed by atoms with Crippen LogP contribution in [0.2, 0.25) is 0 Å². The summed E-state index contributed by atoms with van der Waals surface area (Å²) in [5.74, 6) is 1.90. The zero-order chi connectivity index (χ0) is 17.6. The van der Waals surface area contributed by atoms with Gasteiger partial charge in [-0.15, -0.1) is 0 Å². The van der Waals surface area contributed by atoms with E-state index in [4.69, 9.17) is 9.15 Å². The van der Waals surface area contributed by atoms with E-state index in [0.717, 1.165) is 35.4 Å².